The van der Waals surface area contributed by atoms with Gasteiger partial charge in [0, 0.05) is 17.4 Å². The van der Waals surface area contributed by atoms with E-state index in [4.69, 9.17) is 4.74 Å². The van der Waals surface area contributed by atoms with Gasteiger partial charge in [0.2, 0.25) is 0 Å². The molecule has 1 aliphatic heterocycles. The number of hydrogen-bond donors (Lipinski definition) is 1. The number of thioether (sulfide) groups is 1. The zero-order chi connectivity index (χ0) is 24.7. The van der Waals surface area contributed by atoms with Gasteiger partial charge in [-0.3, -0.25) is 4.79 Å². The van der Waals surface area contributed by atoms with E-state index in [1.165, 1.54) is 29.0 Å². The lowest BCUT2D eigenvalue weighted by molar-refractivity contribution is -0.138. The molecule has 0 saturated heterocycles. The van der Waals surface area contributed by atoms with E-state index in [1.54, 1.807) is 6.07 Å². The zero-order valence-corrected chi connectivity index (χ0v) is 21.1. The fraction of sp³-hybridized carbons (Fsp3) is 0.241. The Balaban J connectivity index is 1.32. The van der Waals surface area contributed by atoms with Gasteiger partial charge in [0.05, 0.1) is 21.9 Å². The summed E-state index contributed by atoms with van der Waals surface area (Å²) in [7, 11) is 0. The summed E-state index contributed by atoms with van der Waals surface area (Å²) in [4.78, 5) is 15.9. The normalized spacial score (nSPS) is 17.9. The fourth-order valence-corrected chi connectivity index (χ4v) is 7.25. The molecule has 7 heteroatoms. The summed E-state index contributed by atoms with van der Waals surface area (Å²) in [5.41, 5.74) is 5.08. The van der Waals surface area contributed by atoms with E-state index in [9.17, 15) is 14.3 Å². The summed E-state index contributed by atoms with van der Waals surface area (Å²) in [6.45, 7) is 0.512. The first kappa shape index (κ1) is 23.3. The Morgan fingerprint density at radius 1 is 1.14 bits per heavy atom. The van der Waals surface area contributed by atoms with Crippen LogP contribution in [0.3, 0.4) is 0 Å². The minimum Gasteiger partial charge on any atom is -0.489 e. The molecule has 3 aromatic carbocycles. The summed E-state index contributed by atoms with van der Waals surface area (Å²) in [5.74, 6) is 0.664. The number of rotatable bonds is 7. The van der Waals surface area contributed by atoms with E-state index in [-0.39, 0.29) is 22.9 Å². The predicted molar refractivity (Wildman–Crippen MR) is 144 cm³/mol. The first-order valence-corrected chi connectivity index (χ1v) is 13.8. The van der Waals surface area contributed by atoms with E-state index >= 15 is 0 Å². The molecule has 1 saturated carbocycles. The van der Waals surface area contributed by atoms with Gasteiger partial charge in [-0.1, -0.05) is 36.4 Å². The lowest BCUT2D eigenvalue weighted by Gasteiger charge is -2.22. The predicted octanol–water partition coefficient (Wildman–Crippen LogP) is 7.58. The van der Waals surface area contributed by atoms with Crippen molar-refractivity contribution in [2.75, 3.05) is 5.75 Å². The molecule has 1 aromatic heterocycles. The van der Waals surface area contributed by atoms with Crippen molar-refractivity contribution in [1.82, 2.24) is 4.98 Å². The van der Waals surface area contributed by atoms with Gasteiger partial charge in [-0.15, -0.1) is 23.1 Å². The number of carboxylic acids is 1. The smallest absolute Gasteiger partial charge is 0.303 e. The highest BCUT2D eigenvalue weighted by Crippen LogP contribution is 2.55. The second-order valence-corrected chi connectivity index (χ2v) is 11.7. The van der Waals surface area contributed by atoms with Crippen LogP contribution in [0.4, 0.5) is 4.39 Å². The number of aliphatic carboxylic acids is 1. The molecule has 4 aromatic rings. The Labute approximate surface area is 216 Å². The highest BCUT2D eigenvalue weighted by Gasteiger charge is 2.45. The SMILES string of the molecule is O=C(O)CC1(CSC2c3ccccc3COc3ccc(C=Cc4nc5cc(F)ccc5s4)cc32)CC1. The number of hydrogen-bond acceptors (Lipinski definition) is 5. The Morgan fingerprint density at radius 3 is 2.83 bits per heavy atom. The van der Waals surface area contributed by atoms with Crippen LogP contribution in [0.1, 0.15) is 51.8 Å². The Morgan fingerprint density at radius 2 is 2.00 bits per heavy atom. The monoisotopic (exact) mass is 517 g/mol. The summed E-state index contributed by atoms with van der Waals surface area (Å²) in [6.07, 6.45) is 6.16. The lowest BCUT2D eigenvalue weighted by atomic mass is 9.98. The number of carboxylic acid groups (broad SMARTS) is 1. The number of aromatic nitrogens is 1. The van der Waals surface area contributed by atoms with Crippen LogP contribution in [-0.2, 0) is 11.4 Å². The van der Waals surface area contributed by atoms with Crippen molar-refractivity contribution in [2.24, 2.45) is 5.41 Å². The van der Waals surface area contributed by atoms with Gasteiger partial charge in [-0.05, 0) is 65.3 Å². The van der Waals surface area contributed by atoms with E-state index in [2.05, 4.69) is 29.2 Å². The minimum absolute atomic E-state index is 0.0590. The standard InChI is InChI=1S/C29H24FNO3S2/c30-20-7-9-25-23(14-20)31-26(36-25)10-6-18-5-8-24-22(13-18)28(21-4-2-1-3-19(21)16-34-24)35-17-29(11-12-29)15-27(32)33/h1-10,13-14,28H,11-12,15-17H2,(H,32,33). The molecule has 2 heterocycles. The molecule has 2 aliphatic rings. The second kappa shape index (κ2) is 9.37. The van der Waals surface area contributed by atoms with Crippen LogP contribution in [0.25, 0.3) is 22.4 Å². The van der Waals surface area contributed by atoms with Crippen LogP contribution in [0.5, 0.6) is 5.75 Å². The number of thiazole rings is 1. The molecule has 6 rings (SSSR count). The van der Waals surface area contributed by atoms with Crippen molar-refractivity contribution < 1.29 is 19.0 Å². The molecule has 1 aliphatic carbocycles. The van der Waals surface area contributed by atoms with Crippen LogP contribution >= 0.6 is 23.1 Å². The van der Waals surface area contributed by atoms with Crippen molar-refractivity contribution in [3.63, 3.8) is 0 Å². The number of ether oxygens (including phenoxy) is 1. The molecule has 182 valence electrons. The third-order valence-electron chi connectivity index (χ3n) is 6.86. The largest absolute Gasteiger partial charge is 0.489 e. The quantitative estimate of drug-likeness (QED) is 0.274. The Bertz CT molecular complexity index is 1490. The molecular formula is C29H24FNO3S2. The van der Waals surface area contributed by atoms with Gasteiger partial charge in [0.15, 0.2) is 0 Å². The van der Waals surface area contributed by atoms with Gasteiger partial charge in [-0.25, -0.2) is 9.37 Å². The molecule has 36 heavy (non-hydrogen) atoms. The third-order valence-corrected chi connectivity index (χ3v) is 9.48. The van der Waals surface area contributed by atoms with Crippen molar-refractivity contribution in [1.29, 1.82) is 0 Å². The second-order valence-electron chi connectivity index (χ2n) is 9.54. The molecule has 1 fully saturated rings. The maximum atomic E-state index is 13.5. The molecule has 0 radical (unpaired) electrons. The number of halogens is 1. The average Bonchev–Trinajstić information content (AvgIpc) is 3.53. The topological polar surface area (TPSA) is 59.4 Å². The van der Waals surface area contributed by atoms with E-state index in [1.807, 2.05) is 42.1 Å². The summed E-state index contributed by atoms with van der Waals surface area (Å²) >= 11 is 3.35. The van der Waals surface area contributed by atoms with Crippen molar-refractivity contribution in [3.05, 3.63) is 93.7 Å². The Hall–Kier alpha value is -3.16. The average molecular weight is 518 g/mol. The highest BCUT2D eigenvalue weighted by molar-refractivity contribution is 7.99. The van der Waals surface area contributed by atoms with Gasteiger partial charge < -0.3 is 9.84 Å². The zero-order valence-electron chi connectivity index (χ0n) is 19.4. The first-order valence-electron chi connectivity index (χ1n) is 11.9. The molecule has 1 unspecified atom stereocenters. The van der Waals surface area contributed by atoms with Crippen LogP contribution in [-0.4, -0.2) is 21.8 Å². The summed E-state index contributed by atoms with van der Waals surface area (Å²) in [5, 5.41) is 10.3. The van der Waals surface area contributed by atoms with Crippen molar-refractivity contribution >= 4 is 51.4 Å². The van der Waals surface area contributed by atoms with E-state index in [0.717, 1.165) is 50.7 Å². The van der Waals surface area contributed by atoms with Crippen LogP contribution in [0.2, 0.25) is 0 Å². The molecule has 1 N–H and O–H groups in total. The van der Waals surface area contributed by atoms with Gasteiger partial charge in [0.25, 0.3) is 0 Å². The van der Waals surface area contributed by atoms with Crippen LogP contribution in [0, 0.1) is 11.2 Å². The molecule has 1 atom stereocenters. The van der Waals surface area contributed by atoms with Crippen LogP contribution in [0.15, 0.2) is 60.7 Å². The minimum atomic E-state index is -0.719. The van der Waals surface area contributed by atoms with Gasteiger partial charge >= 0.3 is 5.97 Å². The van der Waals surface area contributed by atoms with Gasteiger partial charge in [-0.2, -0.15) is 0 Å². The number of carbonyl (C=O) groups is 1. The third kappa shape index (κ3) is 4.77. The molecule has 0 bridgehead atoms. The number of fused-ring (bicyclic) bond motifs is 3. The first-order chi connectivity index (χ1) is 17.5. The highest BCUT2D eigenvalue weighted by atomic mass is 32.2. The van der Waals surface area contributed by atoms with Crippen LogP contribution < -0.4 is 4.74 Å². The number of nitrogens with zero attached hydrogens (tertiary/aromatic N) is 1. The van der Waals surface area contributed by atoms with Crippen molar-refractivity contribution in [3.8, 4) is 5.75 Å². The molecule has 0 amide bonds. The summed E-state index contributed by atoms with van der Waals surface area (Å²) < 4.78 is 20.7. The molecule has 4 nitrogen and oxygen atoms in total. The maximum Gasteiger partial charge on any atom is 0.303 e. The molecule has 0 spiro atoms. The van der Waals surface area contributed by atoms with E-state index < -0.39 is 5.97 Å². The Kier molecular flexibility index (Phi) is 6.05. The fourth-order valence-electron chi connectivity index (χ4n) is 4.72. The molecular weight excluding hydrogens is 493 g/mol. The lowest BCUT2D eigenvalue weighted by Crippen LogP contribution is -2.12. The van der Waals surface area contributed by atoms with E-state index in [0.29, 0.717) is 12.1 Å². The summed E-state index contributed by atoms with van der Waals surface area (Å²) in [6, 6.07) is 19.2. The maximum absolute atomic E-state index is 13.5. The van der Waals surface area contributed by atoms with Crippen molar-refractivity contribution in [2.45, 2.75) is 31.1 Å². The van der Waals surface area contributed by atoms with Gasteiger partial charge in [0.1, 0.15) is 23.2 Å². The number of benzene rings is 3.